The van der Waals surface area contributed by atoms with Gasteiger partial charge < -0.3 is 15.8 Å². The van der Waals surface area contributed by atoms with Gasteiger partial charge in [0.1, 0.15) is 12.9 Å². The first-order valence-corrected chi connectivity index (χ1v) is 9.96. The van der Waals surface area contributed by atoms with Gasteiger partial charge in [-0.1, -0.05) is 12.1 Å². The molecule has 0 aliphatic rings. The third kappa shape index (κ3) is 5.89. The van der Waals surface area contributed by atoms with Gasteiger partial charge in [0.15, 0.2) is 0 Å². The zero-order chi connectivity index (χ0) is 22.4. The number of primary amides is 1. The third-order valence-corrected chi connectivity index (χ3v) is 5.30. The summed E-state index contributed by atoms with van der Waals surface area (Å²) in [7, 11) is 0. The molecule has 3 aromatic rings. The van der Waals surface area contributed by atoms with Gasteiger partial charge in [-0.05, 0) is 29.8 Å². The number of hydrogen-bond donors (Lipinski definition) is 2. The lowest BCUT2D eigenvalue weighted by atomic mass is 10.2. The molecule has 2 amide bonds. The normalized spacial score (nSPS) is 11.4. The molecule has 2 aromatic heterocycles. The van der Waals surface area contributed by atoms with Gasteiger partial charge in [0, 0.05) is 27.9 Å². The lowest BCUT2D eigenvalue weighted by Gasteiger charge is -2.05. The number of benzene rings is 1. The van der Waals surface area contributed by atoms with E-state index in [4.69, 9.17) is 5.73 Å². The smallest absolute Gasteiger partial charge is 0.404 e. The van der Waals surface area contributed by atoms with Crippen LogP contribution in [0.4, 0.5) is 14.9 Å². The topological polar surface area (TPSA) is 121 Å². The average Bonchev–Trinajstić information content (AvgIpc) is 3.33. The Kier molecular flexibility index (Phi) is 6.98. The molecule has 162 valence electrons. The second-order valence-electron chi connectivity index (χ2n) is 6.60. The highest BCUT2D eigenvalue weighted by atomic mass is 32.1. The molecule has 2 heterocycles. The van der Waals surface area contributed by atoms with Crippen LogP contribution in [0.3, 0.4) is 0 Å². The van der Waals surface area contributed by atoms with Gasteiger partial charge in [0.25, 0.3) is 0 Å². The van der Waals surface area contributed by atoms with Crippen LogP contribution >= 0.6 is 11.3 Å². The first-order valence-electron chi connectivity index (χ1n) is 9.15. The summed E-state index contributed by atoms with van der Waals surface area (Å²) in [5.41, 5.74) is 6.19. The number of thiophene rings is 1. The fourth-order valence-electron chi connectivity index (χ4n) is 2.76. The molecule has 0 saturated carbocycles. The Labute approximate surface area is 180 Å². The summed E-state index contributed by atoms with van der Waals surface area (Å²) in [6, 6.07) is 11.3. The maximum absolute atomic E-state index is 13.0. The molecule has 0 bridgehead atoms. The number of carbonyl (C=O) groups is 2. The summed E-state index contributed by atoms with van der Waals surface area (Å²) >= 11 is 1.52. The number of anilines is 1. The number of rotatable bonds is 8. The van der Waals surface area contributed by atoms with Crippen molar-refractivity contribution in [3.8, 4) is 10.4 Å². The van der Waals surface area contributed by atoms with Crippen LogP contribution in [-0.2, 0) is 22.6 Å². The number of amides is 2. The molecule has 31 heavy (non-hydrogen) atoms. The first-order chi connectivity index (χ1) is 14.9. The maximum atomic E-state index is 13.0. The van der Waals surface area contributed by atoms with Crippen LogP contribution < -0.4 is 16.7 Å². The van der Waals surface area contributed by atoms with Gasteiger partial charge in [-0.2, -0.15) is 5.10 Å². The second kappa shape index (κ2) is 9.85. The van der Waals surface area contributed by atoms with Gasteiger partial charge >= 0.3 is 11.8 Å². The molecule has 0 atom stereocenters. The highest BCUT2D eigenvalue weighted by Gasteiger charge is 2.11. The van der Waals surface area contributed by atoms with Crippen LogP contribution in [-0.4, -0.2) is 33.0 Å². The number of nitrogens with two attached hydrogens (primary N) is 1. The Morgan fingerprint density at radius 1 is 1.26 bits per heavy atom. The van der Waals surface area contributed by atoms with Crippen molar-refractivity contribution in [1.29, 1.82) is 0 Å². The Hall–Kier alpha value is -3.73. The van der Waals surface area contributed by atoms with E-state index in [0.29, 0.717) is 6.54 Å². The standard InChI is InChI=1S/C20H20FN5O4S/c1-13(27)24-16-4-2-15(3-5-16)18-7-6-17(31-18)10-25-12-23-26(20(25)29)9-14(8-21)11-30-19(22)28/h2-8,12H,9-11H2,1H3,(H2,22,28)(H,24,27)/b14-8-. The van der Waals surface area contributed by atoms with Crippen LogP contribution in [0.25, 0.3) is 10.4 Å². The summed E-state index contributed by atoms with van der Waals surface area (Å²) in [5.74, 6) is -0.133. The molecule has 3 rings (SSSR count). The quantitative estimate of drug-likeness (QED) is 0.552. The van der Waals surface area contributed by atoms with Crippen LogP contribution in [0.1, 0.15) is 11.8 Å². The molecule has 9 nitrogen and oxygen atoms in total. The minimum Gasteiger partial charge on any atom is -0.445 e. The third-order valence-electron chi connectivity index (χ3n) is 4.18. The van der Waals surface area contributed by atoms with Crippen molar-refractivity contribution < 1.29 is 18.7 Å². The van der Waals surface area contributed by atoms with Crippen LogP contribution in [0.15, 0.2) is 59.4 Å². The molecular formula is C20H20FN5O4S. The van der Waals surface area contributed by atoms with Crippen LogP contribution in [0.5, 0.6) is 0 Å². The molecular weight excluding hydrogens is 425 g/mol. The first kappa shape index (κ1) is 22.0. The average molecular weight is 445 g/mol. The fraction of sp³-hybridized carbons (Fsp3) is 0.200. The maximum Gasteiger partial charge on any atom is 0.404 e. The van der Waals surface area contributed by atoms with Gasteiger partial charge in [-0.15, -0.1) is 11.3 Å². The molecule has 0 unspecified atom stereocenters. The molecule has 11 heteroatoms. The summed E-state index contributed by atoms with van der Waals surface area (Å²) in [4.78, 5) is 36.2. The van der Waals surface area contributed by atoms with Crippen LogP contribution in [0.2, 0.25) is 0 Å². The predicted octanol–water partition coefficient (Wildman–Crippen LogP) is 2.73. The van der Waals surface area contributed by atoms with Crippen molar-refractivity contribution in [2.24, 2.45) is 5.73 Å². The van der Waals surface area contributed by atoms with Gasteiger partial charge in [0.05, 0.1) is 19.4 Å². The monoisotopic (exact) mass is 445 g/mol. The van der Waals surface area contributed by atoms with E-state index in [9.17, 15) is 18.8 Å². The van der Waals surface area contributed by atoms with Gasteiger partial charge in [-0.25, -0.2) is 18.7 Å². The van der Waals surface area contributed by atoms with Crippen molar-refractivity contribution >= 4 is 29.0 Å². The lowest BCUT2D eigenvalue weighted by molar-refractivity contribution is -0.114. The van der Waals surface area contributed by atoms with E-state index in [1.165, 1.54) is 29.2 Å². The minimum atomic E-state index is -1.03. The van der Waals surface area contributed by atoms with Gasteiger partial charge in [0.2, 0.25) is 5.91 Å². The Balaban J connectivity index is 1.68. The van der Waals surface area contributed by atoms with Crippen molar-refractivity contribution in [3.05, 3.63) is 70.0 Å². The highest BCUT2D eigenvalue weighted by molar-refractivity contribution is 7.15. The number of nitrogens with one attached hydrogen (secondary N) is 1. The molecule has 0 saturated heterocycles. The zero-order valence-corrected chi connectivity index (χ0v) is 17.4. The number of carbonyl (C=O) groups excluding carboxylic acids is 2. The number of halogens is 1. The fourth-order valence-corrected chi connectivity index (χ4v) is 3.78. The Bertz CT molecular complexity index is 1160. The SMILES string of the molecule is CC(=O)Nc1ccc(-c2ccc(Cn3cnn(C/C(=C/F)COC(N)=O)c3=O)s2)cc1. The number of aromatic nitrogens is 3. The van der Waals surface area contributed by atoms with Gasteiger partial charge in [-0.3, -0.25) is 9.36 Å². The van der Waals surface area contributed by atoms with E-state index < -0.39 is 11.8 Å². The largest absolute Gasteiger partial charge is 0.445 e. The molecule has 0 aliphatic heterocycles. The van der Waals surface area contributed by atoms with Crippen molar-refractivity contribution in [3.63, 3.8) is 0 Å². The Morgan fingerprint density at radius 3 is 2.65 bits per heavy atom. The highest BCUT2D eigenvalue weighted by Crippen LogP contribution is 2.29. The summed E-state index contributed by atoms with van der Waals surface area (Å²) in [6.45, 7) is 1.24. The second-order valence-corrected chi connectivity index (χ2v) is 7.77. The van der Waals surface area contributed by atoms with E-state index in [1.807, 2.05) is 36.4 Å². The van der Waals surface area contributed by atoms with Crippen molar-refractivity contribution in [2.45, 2.75) is 20.0 Å². The molecule has 1 aromatic carbocycles. The number of nitrogens with zero attached hydrogens (tertiary/aromatic N) is 3. The summed E-state index contributed by atoms with van der Waals surface area (Å²) < 4.78 is 20.0. The van der Waals surface area contributed by atoms with Crippen LogP contribution in [0, 0.1) is 0 Å². The van der Waals surface area contributed by atoms with E-state index in [0.717, 1.165) is 25.7 Å². The molecule has 0 fully saturated rings. The molecule has 0 spiro atoms. The minimum absolute atomic E-state index is 0.0484. The molecule has 0 aliphatic carbocycles. The molecule has 0 radical (unpaired) electrons. The number of hydrogen-bond acceptors (Lipinski definition) is 6. The van der Waals surface area contributed by atoms with E-state index in [1.54, 1.807) is 0 Å². The van der Waals surface area contributed by atoms with E-state index in [-0.39, 0.29) is 31.0 Å². The van der Waals surface area contributed by atoms with Crippen molar-refractivity contribution in [2.75, 3.05) is 11.9 Å². The lowest BCUT2D eigenvalue weighted by Crippen LogP contribution is -2.26. The van der Waals surface area contributed by atoms with E-state index >= 15 is 0 Å². The van der Waals surface area contributed by atoms with Crippen molar-refractivity contribution in [1.82, 2.24) is 14.3 Å². The zero-order valence-electron chi connectivity index (χ0n) is 16.6. The molecule has 3 N–H and O–H groups in total. The summed E-state index contributed by atoms with van der Waals surface area (Å²) in [5, 5.41) is 6.70. The van der Waals surface area contributed by atoms with E-state index in [2.05, 4.69) is 15.2 Å². The predicted molar refractivity (Wildman–Crippen MR) is 114 cm³/mol. The summed E-state index contributed by atoms with van der Waals surface area (Å²) in [6.07, 6.45) is 0.599. The number of ether oxygens (including phenoxy) is 1. The Morgan fingerprint density at radius 2 is 2.00 bits per heavy atom.